The predicted molar refractivity (Wildman–Crippen MR) is 250 cm³/mol. The fourth-order valence-corrected chi connectivity index (χ4v) is 11.0. The molecule has 328 valence electrons. The van der Waals surface area contributed by atoms with Crippen molar-refractivity contribution in [3.8, 4) is 16.1 Å². The topological polar surface area (TPSA) is 132 Å². The van der Waals surface area contributed by atoms with Gasteiger partial charge >= 0.3 is 5.97 Å². The minimum absolute atomic E-state index is 0.0906. The molecule has 0 unspecified atom stereocenters. The summed E-state index contributed by atoms with van der Waals surface area (Å²) in [5, 5.41) is 21.6. The summed E-state index contributed by atoms with van der Waals surface area (Å²) in [4.78, 5) is 42.4. The highest BCUT2D eigenvalue weighted by molar-refractivity contribution is 7.15. The zero-order valence-electron chi connectivity index (χ0n) is 36.3. The summed E-state index contributed by atoms with van der Waals surface area (Å²) in [5.41, 5.74) is 7.21. The number of aliphatic imine (C=N–C) groups is 1. The van der Waals surface area contributed by atoms with Crippen LogP contribution in [0.4, 0.5) is 0 Å². The Hall–Kier alpha value is -4.89. The summed E-state index contributed by atoms with van der Waals surface area (Å²) < 4.78 is 8.59. The van der Waals surface area contributed by atoms with Crippen LogP contribution in [0.2, 0.25) is 10.0 Å². The van der Waals surface area contributed by atoms with Gasteiger partial charge in [0.1, 0.15) is 16.9 Å². The van der Waals surface area contributed by atoms with Gasteiger partial charge in [0.2, 0.25) is 5.91 Å². The smallest absolute Gasteiger partial charge is 0.337 e. The number of carboxylic acid groups (broad SMARTS) is 1. The lowest BCUT2D eigenvalue weighted by Crippen LogP contribution is -2.54. The van der Waals surface area contributed by atoms with Crippen molar-refractivity contribution in [1.29, 1.82) is 0 Å². The third-order valence-electron chi connectivity index (χ3n) is 13.2. The molecule has 6 aromatic rings. The van der Waals surface area contributed by atoms with Crippen molar-refractivity contribution in [2.75, 3.05) is 52.4 Å². The molecule has 0 bridgehead atoms. The second kappa shape index (κ2) is 17.6. The molecule has 0 spiro atoms. The molecule has 2 fully saturated rings. The highest BCUT2D eigenvalue weighted by atomic mass is 35.5. The van der Waals surface area contributed by atoms with Crippen LogP contribution in [0.15, 0.2) is 71.9 Å². The van der Waals surface area contributed by atoms with Gasteiger partial charge in [0.25, 0.3) is 0 Å². The molecule has 63 heavy (non-hydrogen) atoms. The normalized spacial score (nSPS) is 17.7. The molecule has 1 atom stereocenters. The third-order valence-corrected chi connectivity index (χ3v) is 15.0. The number of aromatic carboxylic acids is 1. The first kappa shape index (κ1) is 43.4. The number of piperazine rings is 1. The largest absolute Gasteiger partial charge is 0.478 e. The number of halogens is 2. The van der Waals surface area contributed by atoms with Gasteiger partial charge in [-0.25, -0.2) is 4.79 Å². The average molecular weight is 908 g/mol. The van der Waals surface area contributed by atoms with Crippen molar-refractivity contribution >= 4 is 63.0 Å². The first-order valence-corrected chi connectivity index (χ1v) is 23.2. The molecule has 0 radical (unpaired) electrons. The van der Waals surface area contributed by atoms with E-state index in [0.717, 1.165) is 89.9 Å². The fourth-order valence-electron chi connectivity index (χ4n) is 9.38. The van der Waals surface area contributed by atoms with Gasteiger partial charge in [0.15, 0.2) is 5.82 Å². The number of aromatic nitrogens is 4. The molecule has 2 saturated heterocycles. The zero-order valence-corrected chi connectivity index (χ0v) is 38.6. The number of fused-ring (bicyclic) bond motifs is 4. The van der Waals surface area contributed by atoms with Gasteiger partial charge in [0, 0.05) is 82.5 Å². The van der Waals surface area contributed by atoms with Crippen LogP contribution >= 0.6 is 34.5 Å². The van der Waals surface area contributed by atoms with Gasteiger partial charge in [0.05, 0.1) is 34.9 Å². The molecule has 3 aliphatic rings. The number of nitrogens with one attached hydrogen (secondary N) is 1. The number of hydrogen-bond acceptors (Lipinski definition) is 9. The average Bonchev–Trinajstić information content (AvgIpc) is 3.93. The van der Waals surface area contributed by atoms with Crippen molar-refractivity contribution in [3.63, 3.8) is 0 Å². The number of hydrogen-bond donors (Lipinski definition) is 2. The van der Waals surface area contributed by atoms with Gasteiger partial charge < -0.3 is 24.6 Å². The van der Waals surface area contributed by atoms with Crippen LogP contribution in [-0.4, -0.2) is 116 Å². The van der Waals surface area contributed by atoms with E-state index in [1.54, 1.807) is 17.4 Å². The number of ether oxygens (including phenoxy) is 1. The minimum Gasteiger partial charge on any atom is -0.478 e. The Bertz CT molecular complexity index is 2710. The van der Waals surface area contributed by atoms with E-state index in [9.17, 15) is 14.7 Å². The lowest BCUT2D eigenvalue weighted by molar-refractivity contribution is -0.133. The Balaban J connectivity index is 0.767. The van der Waals surface area contributed by atoms with Crippen LogP contribution < -0.4 is 0 Å². The molecule has 6 heterocycles. The molecule has 3 aliphatic heterocycles. The molecule has 15 heteroatoms. The number of aromatic amines is 1. The van der Waals surface area contributed by atoms with Crippen LogP contribution in [0, 0.1) is 20.8 Å². The molecule has 1 amide bonds. The molecular weight excluding hydrogens is 856 g/mol. The molecule has 0 saturated carbocycles. The maximum atomic E-state index is 14.1. The monoisotopic (exact) mass is 906 g/mol. The summed E-state index contributed by atoms with van der Waals surface area (Å²) in [6.45, 7) is 17.0. The number of aryl methyl sites for hydroxylation is 2. The zero-order chi connectivity index (χ0) is 44.2. The van der Waals surface area contributed by atoms with E-state index in [-0.39, 0.29) is 17.9 Å². The van der Waals surface area contributed by atoms with Gasteiger partial charge in [-0.1, -0.05) is 59.6 Å². The Morgan fingerprint density at radius 3 is 2.32 bits per heavy atom. The first-order valence-electron chi connectivity index (χ1n) is 21.6. The van der Waals surface area contributed by atoms with Crippen LogP contribution in [0.5, 0.6) is 0 Å². The first-order chi connectivity index (χ1) is 30.3. The van der Waals surface area contributed by atoms with E-state index in [2.05, 4.69) is 69.4 Å². The molecule has 9 rings (SSSR count). The lowest BCUT2D eigenvalue weighted by atomic mass is 9.94. The van der Waals surface area contributed by atoms with E-state index >= 15 is 0 Å². The SMILES string of the molecule is Cc1sc2c(c1C)C(c1ccc(Cl)cc1)=N[C@@H](CC(=O)N1CCN(C3CCN(CCOC(C)(C)c4ccc(-c5cc6c(C(=O)O)c[nH]c6cc5Cl)cc4)CC3)CC1)c1nnc(C)n1-2. The quantitative estimate of drug-likeness (QED) is 0.132. The van der Waals surface area contributed by atoms with E-state index in [4.69, 9.17) is 32.9 Å². The number of H-pyrrole nitrogens is 1. The van der Waals surface area contributed by atoms with Crippen LogP contribution in [0.3, 0.4) is 0 Å². The summed E-state index contributed by atoms with van der Waals surface area (Å²) >= 11 is 14.6. The molecular formula is C48H52Cl2N8O4S. The van der Waals surface area contributed by atoms with Crippen LogP contribution in [-0.2, 0) is 15.1 Å². The Kier molecular flexibility index (Phi) is 12.1. The third kappa shape index (κ3) is 8.59. The summed E-state index contributed by atoms with van der Waals surface area (Å²) in [6.07, 6.45) is 3.90. The number of likely N-dealkylation sites (tertiary alicyclic amines) is 1. The highest BCUT2D eigenvalue weighted by Gasteiger charge is 2.35. The Labute approximate surface area is 381 Å². The van der Waals surface area contributed by atoms with E-state index < -0.39 is 17.6 Å². The van der Waals surface area contributed by atoms with E-state index in [1.807, 2.05) is 54.3 Å². The summed E-state index contributed by atoms with van der Waals surface area (Å²) in [6, 6.07) is 19.6. The maximum Gasteiger partial charge on any atom is 0.337 e. The lowest BCUT2D eigenvalue weighted by Gasteiger charge is -2.43. The second-order valence-corrected chi connectivity index (χ2v) is 19.5. The number of rotatable bonds is 11. The molecule has 3 aromatic heterocycles. The van der Waals surface area contributed by atoms with Crippen molar-refractivity contribution in [3.05, 3.63) is 121 Å². The number of carboxylic acids is 1. The molecule has 3 aromatic carbocycles. The number of nitrogens with zero attached hydrogens (tertiary/aromatic N) is 7. The van der Waals surface area contributed by atoms with E-state index in [1.165, 1.54) is 16.6 Å². The predicted octanol–water partition coefficient (Wildman–Crippen LogP) is 9.25. The molecule has 2 N–H and O–H groups in total. The standard InChI is InChI=1S/C48H52Cl2N8O4S/c1-28-29(2)63-46-43(28)44(32-8-12-34(49)13-9-32)52-41(45-54-53-30(3)58(45)46)26-42(59)57-20-18-56(19-21-57)35-14-16-55(17-15-35)22-23-62-48(4,5)33-10-6-31(7-11-33)36-24-37-38(47(60)61)27-51-40(37)25-39(36)50/h6-13,24-25,27,35,41,51H,14-23,26H2,1-5H3,(H,60,61)/t41-/m0/s1. The number of thiophene rings is 1. The van der Waals surface area contributed by atoms with Crippen molar-refractivity contribution in [2.24, 2.45) is 4.99 Å². The van der Waals surface area contributed by atoms with Crippen molar-refractivity contribution < 1.29 is 19.4 Å². The number of piperidine rings is 1. The van der Waals surface area contributed by atoms with E-state index in [0.29, 0.717) is 52.5 Å². The minimum atomic E-state index is -0.981. The molecule has 0 aliphatic carbocycles. The Morgan fingerprint density at radius 2 is 1.62 bits per heavy atom. The summed E-state index contributed by atoms with van der Waals surface area (Å²) in [5.74, 6) is 0.596. The highest BCUT2D eigenvalue weighted by Crippen LogP contribution is 2.40. The molecule has 12 nitrogen and oxygen atoms in total. The number of carbonyl (C=O) groups is 2. The Morgan fingerprint density at radius 1 is 0.921 bits per heavy atom. The number of benzene rings is 3. The van der Waals surface area contributed by atoms with Crippen LogP contribution in [0.25, 0.3) is 27.0 Å². The maximum absolute atomic E-state index is 14.1. The van der Waals surface area contributed by atoms with Crippen molar-refractivity contribution in [1.82, 2.24) is 34.4 Å². The van der Waals surface area contributed by atoms with Crippen LogP contribution in [0.1, 0.15) is 88.3 Å². The fraction of sp³-hybridized carbons (Fsp3) is 0.396. The summed E-state index contributed by atoms with van der Waals surface area (Å²) in [7, 11) is 0. The van der Waals surface area contributed by atoms with Gasteiger partial charge in [-0.15, -0.1) is 21.5 Å². The van der Waals surface area contributed by atoms with Gasteiger partial charge in [-0.2, -0.15) is 0 Å². The number of amides is 1. The number of carbonyl (C=O) groups excluding carboxylic acids is 1. The second-order valence-electron chi connectivity index (χ2n) is 17.4. The van der Waals surface area contributed by atoms with Gasteiger partial charge in [-0.3, -0.25) is 19.3 Å². The van der Waals surface area contributed by atoms with Crippen molar-refractivity contribution in [2.45, 2.75) is 71.6 Å². The van der Waals surface area contributed by atoms with Gasteiger partial charge in [-0.05, 0) is 102 Å².